The van der Waals surface area contributed by atoms with Crippen LogP contribution in [0.3, 0.4) is 0 Å². The van der Waals surface area contributed by atoms with Gasteiger partial charge in [-0.3, -0.25) is 0 Å². The summed E-state index contributed by atoms with van der Waals surface area (Å²) in [7, 11) is 0. The molecule has 0 atom stereocenters. The van der Waals surface area contributed by atoms with Crippen molar-refractivity contribution in [2.45, 2.75) is 0 Å². The zero-order valence-corrected chi connectivity index (χ0v) is 29.8. The van der Waals surface area contributed by atoms with Crippen molar-refractivity contribution in [1.82, 2.24) is 15.0 Å². The molecule has 0 aliphatic rings. The first-order valence-corrected chi connectivity index (χ1v) is 18.4. The third kappa shape index (κ3) is 6.16. The Morgan fingerprint density at radius 2 is 0.618 bits per heavy atom. The van der Waals surface area contributed by atoms with Crippen molar-refractivity contribution in [1.29, 1.82) is 0 Å². The summed E-state index contributed by atoms with van der Waals surface area (Å²) in [6.07, 6.45) is 0. The van der Waals surface area contributed by atoms with E-state index in [0.29, 0.717) is 17.5 Å². The zero-order valence-electron chi connectivity index (χ0n) is 29.8. The Kier molecular flexibility index (Phi) is 8.12. The van der Waals surface area contributed by atoms with Crippen LogP contribution in [-0.2, 0) is 0 Å². The minimum atomic E-state index is 0.566. The first-order valence-electron chi connectivity index (χ1n) is 18.4. The maximum absolute atomic E-state index is 6.86. The molecule has 8 aromatic carbocycles. The van der Waals surface area contributed by atoms with Gasteiger partial charge in [0.2, 0.25) is 0 Å². The fourth-order valence-electron chi connectivity index (χ4n) is 7.38. The van der Waals surface area contributed by atoms with Crippen LogP contribution >= 0.6 is 0 Å². The SMILES string of the molecule is c1ccc(-c2cc(-c3ccccc3)cc(-c3ccc(-c4cccc5c4oc4c(-c6nc(-c7ccccc7)nc(-c7ccccc7)n6)cccc45)cc3)c2)cc1. The van der Waals surface area contributed by atoms with Crippen LogP contribution in [0.5, 0.6) is 0 Å². The number of aromatic nitrogens is 3. The number of benzene rings is 8. The molecular weight excluding hydrogens is 671 g/mol. The Bertz CT molecular complexity index is 2820. The van der Waals surface area contributed by atoms with Gasteiger partial charge < -0.3 is 4.42 Å². The maximum atomic E-state index is 6.86. The lowest BCUT2D eigenvalue weighted by Gasteiger charge is -2.12. The summed E-state index contributed by atoms with van der Waals surface area (Å²) in [6.45, 7) is 0. The molecular formula is C51H33N3O. The standard InChI is InChI=1S/C51H33N3O/c1-5-15-34(16-6-1)40-31-41(35-17-7-2-8-18-35)33-42(32-40)36-27-29-37(30-28-36)43-23-13-24-44-45-25-14-26-46(48(45)55-47(43)44)51-53-49(38-19-9-3-10-20-38)52-50(54-51)39-21-11-4-12-22-39/h1-33H. The Morgan fingerprint density at radius 3 is 1.09 bits per heavy atom. The third-order valence-electron chi connectivity index (χ3n) is 10.1. The van der Waals surface area contributed by atoms with E-state index in [2.05, 4.69) is 133 Å². The molecule has 0 radical (unpaired) electrons. The van der Waals surface area contributed by atoms with Crippen LogP contribution in [0.15, 0.2) is 205 Å². The van der Waals surface area contributed by atoms with E-state index in [-0.39, 0.29) is 0 Å². The van der Waals surface area contributed by atoms with Gasteiger partial charge in [-0.1, -0.05) is 176 Å². The molecule has 0 aliphatic carbocycles. The Morgan fingerprint density at radius 1 is 0.255 bits per heavy atom. The minimum absolute atomic E-state index is 0.566. The van der Waals surface area contributed by atoms with Gasteiger partial charge in [0.15, 0.2) is 17.5 Å². The molecule has 0 saturated heterocycles. The number of hydrogen-bond donors (Lipinski definition) is 0. The molecule has 4 nitrogen and oxygen atoms in total. The largest absolute Gasteiger partial charge is 0.455 e. The summed E-state index contributed by atoms with van der Waals surface area (Å²) in [5, 5.41) is 2.06. The van der Waals surface area contributed by atoms with Crippen molar-refractivity contribution >= 4 is 21.9 Å². The van der Waals surface area contributed by atoms with Gasteiger partial charge in [-0.25, -0.2) is 15.0 Å². The Labute approximate surface area is 319 Å². The number of furan rings is 1. The van der Waals surface area contributed by atoms with Gasteiger partial charge in [0.1, 0.15) is 11.2 Å². The van der Waals surface area contributed by atoms with Crippen molar-refractivity contribution in [3.05, 3.63) is 200 Å². The average molecular weight is 704 g/mol. The second kappa shape index (κ2) is 13.8. The van der Waals surface area contributed by atoms with Gasteiger partial charge in [0.05, 0.1) is 5.56 Å². The molecule has 0 bridgehead atoms. The fraction of sp³-hybridized carbons (Fsp3) is 0. The second-order valence-electron chi connectivity index (χ2n) is 13.6. The first-order chi connectivity index (χ1) is 27.2. The van der Waals surface area contributed by atoms with E-state index in [1.54, 1.807) is 0 Å². The molecule has 2 aromatic heterocycles. The van der Waals surface area contributed by atoms with Gasteiger partial charge in [0, 0.05) is 27.5 Å². The third-order valence-corrected chi connectivity index (χ3v) is 10.1. The number of hydrogen-bond acceptors (Lipinski definition) is 4. The molecule has 0 fully saturated rings. The number of para-hydroxylation sites is 2. The molecule has 0 amide bonds. The average Bonchev–Trinajstić information content (AvgIpc) is 3.67. The highest BCUT2D eigenvalue weighted by Crippen LogP contribution is 2.40. The molecule has 2 heterocycles. The van der Waals surface area contributed by atoms with Crippen LogP contribution in [0.2, 0.25) is 0 Å². The maximum Gasteiger partial charge on any atom is 0.167 e. The lowest BCUT2D eigenvalue weighted by atomic mass is 9.92. The summed E-state index contributed by atoms with van der Waals surface area (Å²) >= 11 is 0. The van der Waals surface area contributed by atoms with E-state index in [0.717, 1.165) is 55.3 Å². The molecule has 0 N–H and O–H groups in total. The molecule has 258 valence electrons. The summed E-state index contributed by atoms with van der Waals surface area (Å²) in [6, 6.07) is 69.4. The number of rotatable bonds is 7. The molecule has 4 heteroatoms. The quantitative estimate of drug-likeness (QED) is 0.166. The van der Waals surface area contributed by atoms with Gasteiger partial charge in [-0.05, 0) is 63.2 Å². The number of fused-ring (bicyclic) bond motifs is 3. The molecule has 0 aliphatic heterocycles. The topological polar surface area (TPSA) is 51.8 Å². The van der Waals surface area contributed by atoms with E-state index in [4.69, 9.17) is 19.4 Å². The van der Waals surface area contributed by atoms with Crippen LogP contribution < -0.4 is 0 Å². The van der Waals surface area contributed by atoms with Crippen molar-refractivity contribution in [3.8, 4) is 78.7 Å². The van der Waals surface area contributed by atoms with Crippen molar-refractivity contribution in [3.63, 3.8) is 0 Å². The lowest BCUT2D eigenvalue weighted by molar-refractivity contribution is 0.670. The van der Waals surface area contributed by atoms with Crippen molar-refractivity contribution in [2.75, 3.05) is 0 Å². The Hall–Kier alpha value is -7.43. The summed E-state index contributed by atoms with van der Waals surface area (Å²) in [4.78, 5) is 14.9. The molecule has 0 unspecified atom stereocenters. The van der Waals surface area contributed by atoms with Gasteiger partial charge in [-0.15, -0.1) is 0 Å². The smallest absolute Gasteiger partial charge is 0.167 e. The second-order valence-corrected chi connectivity index (χ2v) is 13.6. The molecule has 10 aromatic rings. The van der Waals surface area contributed by atoms with E-state index >= 15 is 0 Å². The summed E-state index contributed by atoms with van der Waals surface area (Å²) < 4.78 is 6.86. The molecule has 0 spiro atoms. The van der Waals surface area contributed by atoms with E-state index < -0.39 is 0 Å². The van der Waals surface area contributed by atoms with Crippen LogP contribution in [0.4, 0.5) is 0 Å². The monoisotopic (exact) mass is 703 g/mol. The molecule has 55 heavy (non-hydrogen) atoms. The summed E-state index contributed by atoms with van der Waals surface area (Å²) in [5.74, 6) is 1.79. The van der Waals surface area contributed by atoms with Crippen LogP contribution in [0.1, 0.15) is 0 Å². The van der Waals surface area contributed by atoms with Gasteiger partial charge in [-0.2, -0.15) is 0 Å². The van der Waals surface area contributed by atoms with Gasteiger partial charge >= 0.3 is 0 Å². The van der Waals surface area contributed by atoms with Crippen LogP contribution in [0.25, 0.3) is 101 Å². The molecule has 0 saturated carbocycles. The predicted molar refractivity (Wildman–Crippen MR) is 225 cm³/mol. The Balaban J connectivity index is 1.07. The highest BCUT2D eigenvalue weighted by Gasteiger charge is 2.19. The van der Waals surface area contributed by atoms with Crippen LogP contribution in [0, 0.1) is 0 Å². The lowest BCUT2D eigenvalue weighted by Crippen LogP contribution is -2.00. The van der Waals surface area contributed by atoms with Crippen molar-refractivity contribution < 1.29 is 4.42 Å². The highest BCUT2D eigenvalue weighted by atomic mass is 16.3. The fourth-order valence-corrected chi connectivity index (χ4v) is 7.38. The first kappa shape index (κ1) is 32.2. The van der Waals surface area contributed by atoms with Crippen molar-refractivity contribution in [2.24, 2.45) is 0 Å². The van der Waals surface area contributed by atoms with Crippen LogP contribution in [-0.4, -0.2) is 15.0 Å². The normalized spacial score (nSPS) is 11.3. The minimum Gasteiger partial charge on any atom is -0.455 e. The van der Waals surface area contributed by atoms with E-state index in [1.165, 1.54) is 27.8 Å². The van der Waals surface area contributed by atoms with E-state index in [9.17, 15) is 0 Å². The van der Waals surface area contributed by atoms with E-state index in [1.807, 2.05) is 66.7 Å². The summed E-state index contributed by atoms with van der Waals surface area (Å²) in [5.41, 5.74) is 13.4. The number of nitrogens with zero attached hydrogens (tertiary/aromatic N) is 3. The zero-order chi connectivity index (χ0) is 36.6. The molecule has 10 rings (SSSR count). The highest BCUT2D eigenvalue weighted by molar-refractivity contribution is 6.12. The van der Waals surface area contributed by atoms with Gasteiger partial charge in [0.25, 0.3) is 0 Å². The predicted octanol–water partition coefficient (Wildman–Crippen LogP) is 13.4.